The van der Waals surface area contributed by atoms with Crippen molar-refractivity contribution in [1.29, 1.82) is 0 Å². The number of nitrogens with one attached hydrogen (secondary N) is 2. The number of aromatic nitrogens is 3. The molecule has 34 heavy (non-hydrogen) atoms. The van der Waals surface area contributed by atoms with Gasteiger partial charge < -0.3 is 20.4 Å². The molecule has 0 bridgehead atoms. The standard InChI is InChI=1S/C24H24Cl2N8/c1-33-9-11-34(12-10-33)24-31-22(28-18-5-3-2-4-6-18)30-23(32-24)29-21-14-17(15-27-21)16-7-8-19(25)20(26)13-16/h2-8,13-14H,9-12,15H2,1H3,(H2,27,28,29,30,31,32). The monoisotopic (exact) mass is 494 g/mol. The molecule has 2 aliphatic rings. The first-order chi connectivity index (χ1) is 16.5. The Morgan fingerprint density at radius 3 is 2.29 bits per heavy atom. The lowest BCUT2D eigenvalue weighted by Crippen LogP contribution is -2.45. The van der Waals surface area contributed by atoms with E-state index in [1.807, 2.05) is 48.5 Å². The van der Waals surface area contributed by atoms with Crippen LogP contribution in [0.2, 0.25) is 10.0 Å². The number of amidine groups is 1. The van der Waals surface area contributed by atoms with Gasteiger partial charge in [0.2, 0.25) is 17.8 Å². The van der Waals surface area contributed by atoms with E-state index < -0.39 is 0 Å². The van der Waals surface area contributed by atoms with Crippen molar-refractivity contribution in [3.8, 4) is 0 Å². The first kappa shape index (κ1) is 22.6. The lowest BCUT2D eigenvalue weighted by molar-refractivity contribution is 0.311. The van der Waals surface area contributed by atoms with Crippen molar-refractivity contribution < 1.29 is 0 Å². The van der Waals surface area contributed by atoms with Crippen LogP contribution in [0.5, 0.6) is 0 Å². The summed E-state index contributed by atoms with van der Waals surface area (Å²) in [6.45, 7) is 4.16. The maximum atomic E-state index is 6.19. The fraction of sp³-hybridized carbons (Fsp3) is 0.250. The van der Waals surface area contributed by atoms with Gasteiger partial charge in [0.05, 0.1) is 16.6 Å². The highest BCUT2D eigenvalue weighted by Crippen LogP contribution is 2.28. The van der Waals surface area contributed by atoms with Crippen molar-refractivity contribution in [2.45, 2.75) is 0 Å². The topological polar surface area (TPSA) is 81.6 Å². The van der Waals surface area contributed by atoms with Gasteiger partial charge in [0, 0.05) is 31.9 Å². The minimum Gasteiger partial charge on any atom is -0.338 e. The second-order valence-corrected chi connectivity index (χ2v) is 9.00. The molecule has 0 saturated carbocycles. The van der Waals surface area contributed by atoms with Crippen LogP contribution in [0, 0.1) is 0 Å². The molecule has 2 N–H and O–H groups in total. The quantitative estimate of drug-likeness (QED) is 0.536. The van der Waals surface area contributed by atoms with E-state index in [0.717, 1.165) is 43.0 Å². The number of hydrogen-bond donors (Lipinski definition) is 2. The predicted octanol–water partition coefficient (Wildman–Crippen LogP) is 4.58. The van der Waals surface area contributed by atoms with Crippen LogP contribution in [0.4, 0.5) is 23.5 Å². The van der Waals surface area contributed by atoms with Crippen LogP contribution in [0.3, 0.4) is 0 Å². The Hall–Kier alpha value is -3.20. The third kappa shape index (κ3) is 5.30. The highest BCUT2D eigenvalue weighted by molar-refractivity contribution is 6.42. The van der Waals surface area contributed by atoms with Gasteiger partial charge >= 0.3 is 0 Å². The van der Waals surface area contributed by atoms with E-state index in [-0.39, 0.29) is 0 Å². The highest BCUT2D eigenvalue weighted by atomic mass is 35.5. The summed E-state index contributed by atoms with van der Waals surface area (Å²) in [6, 6.07) is 15.4. The van der Waals surface area contributed by atoms with Crippen LogP contribution in [0.1, 0.15) is 5.56 Å². The van der Waals surface area contributed by atoms with Crippen molar-refractivity contribution >= 4 is 58.1 Å². The summed E-state index contributed by atoms with van der Waals surface area (Å²) in [4.78, 5) is 23.0. The van der Waals surface area contributed by atoms with Crippen LogP contribution < -0.4 is 15.5 Å². The maximum absolute atomic E-state index is 6.19. The molecule has 8 nitrogen and oxygen atoms in total. The molecule has 1 saturated heterocycles. The Labute approximate surface area is 208 Å². The highest BCUT2D eigenvalue weighted by Gasteiger charge is 2.20. The van der Waals surface area contributed by atoms with E-state index in [4.69, 9.17) is 28.2 Å². The molecule has 0 spiro atoms. The maximum Gasteiger partial charge on any atom is 0.235 e. The smallest absolute Gasteiger partial charge is 0.235 e. The second kappa shape index (κ2) is 9.97. The van der Waals surface area contributed by atoms with Gasteiger partial charge in [-0.05, 0) is 48.5 Å². The van der Waals surface area contributed by atoms with Crippen LogP contribution >= 0.6 is 23.2 Å². The molecule has 3 heterocycles. The van der Waals surface area contributed by atoms with Crippen molar-refractivity contribution in [3.63, 3.8) is 0 Å². The van der Waals surface area contributed by atoms with E-state index >= 15 is 0 Å². The van der Waals surface area contributed by atoms with E-state index in [2.05, 4.69) is 42.4 Å². The minimum absolute atomic E-state index is 0.438. The normalized spacial score (nSPS) is 16.3. The zero-order valence-electron chi connectivity index (χ0n) is 18.7. The van der Waals surface area contributed by atoms with Crippen molar-refractivity contribution in [2.24, 2.45) is 4.99 Å². The van der Waals surface area contributed by atoms with Gasteiger partial charge in [0.25, 0.3) is 0 Å². The van der Waals surface area contributed by atoms with Crippen molar-refractivity contribution in [3.05, 3.63) is 70.2 Å². The molecular weight excluding hydrogens is 471 g/mol. The van der Waals surface area contributed by atoms with Crippen LogP contribution in [-0.2, 0) is 0 Å². The van der Waals surface area contributed by atoms with Gasteiger partial charge in [0.1, 0.15) is 5.84 Å². The summed E-state index contributed by atoms with van der Waals surface area (Å²) in [5, 5.41) is 7.59. The predicted molar refractivity (Wildman–Crippen MR) is 140 cm³/mol. The Morgan fingerprint density at radius 1 is 0.824 bits per heavy atom. The number of rotatable bonds is 5. The number of benzene rings is 2. The molecule has 3 aromatic rings. The molecule has 0 atom stereocenters. The first-order valence-corrected chi connectivity index (χ1v) is 11.8. The van der Waals surface area contributed by atoms with Crippen molar-refractivity contribution in [1.82, 2.24) is 19.9 Å². The van der Waals surface area contributed by atoms with E-state index in [1.54, 1.807) is 6.07 Å². The molecule has 0 aliphatic carbocycles. The number of para-hydroxylation sites is 1. The van der Waals surface area contributed by atoms with Gasteiger partial charge in [-0.25, -0.2) is 0 Å². The average Bonchev–Trinajstić information content (AvgIpc) is 3.30. The Kier molecular flexibility index (Phi) is 6.62. The molecule has 2 aromatic carbocycles. The first-order valence-electron chi connectivity index (χ1n) is 11.0. The molecule has 5 rings (SSSR count). The van der Waals surface area contributed by atoms with Gasteiger partial charge in [-0.2, -0.15) is 15.0 Å². The van der Waals surface area contributed by atoms with Gasteiger partial charge in [-0.15, -0.1) is 0 Å². The largest absolute Gasteiger partial charge is 0.338 e. The summed E-state index contributed by atoms with van der Waals surface area (Å²) in [5.41, 5.74) is 2.93. The molecule has 1 fully saturated rings. The van der Waals surface area contributed by atoms with Gasteiger partial charge in [0.15, 0.2) is 0 Å². The Morgan fingerprint density at radius 2 is 1.56 bits per heavy atom. The minimum atomic E-state index is 0.438. The number of aliphatic imine (C=N–C) groups is 1. The molecule has 2 aliphatic heterocycles. The molecule has 0 unspecified atom stereocenters. The summed E-state index contributed by atoms with van der Waals surface area (Å²) in [7, 11) is 2.12. The van der Waals surface area contributed by atoms with Crippen molar-refractivity contribution in [2.75, 3.05) is 55.3 Å². The number of nitrogens with zero attached hydrogens (tertiary/aromatic N) is 6. The zero-order valence-corrected chi connectivity index (χ0v) is 20.2. The zero-order chi connectivity index (χ0) is 23.5. The number of halogens is 2. The summed E-state index contributed by atoms with van der Waals surface area (Å²) in [5.74, 6) is 2.23. The van der Waals surface area contributed by atoms with E-state index in [9.17, 15) is 0 Å². The molecule has 0 amide bonds. The number of likely N-dealkylation sites (N-methyl/N-ethyl adjacent to an activating group) is 1. The third-order valence-electron chi connectivity index (χ3n) is 5.70. The van der Waals surface area contributed by atoms with E-state index in [0.29, 0.717) is 40.3 Å². The molecular formula is C24H24Cl2N8. The molecule has 0 radical (unpaired) electrons. The lowest BCUT2D eigenvalue weighted by atomic mass is 10.1. The fourth-order valence-electron chi connectivity index (χ4n) is 3.76. The third-order valence-corrected chi connectivity index (χ3v) is 6.44. The summed E-state index contributed by atoms with van der Waals surface area (Å²) < 4.78 is 0. The second-order valence-electron chi connectivity index (χ2n) is 8.19. The van der Waals surface area contributed by atoms with Gasteiger partial charge in [-0.1, -0.05) is 47.5 Å². The molecule has 1 aromatic heterocycles. The molecule has 10 heteroatoms. The van der Waals surface area contributed by atoms with Crippen LogP contribution in [0.25, 0.3) is 5.57 Å². The summed E-state index contributed by atoms with van der Waals surface area (Å²) in [6.07, 6.45) is 1.98. The summed E-state index contributed by atoms with van der Waals surface area (Å²) >= 11 is 12.2. The fourth-order valence-corrected chi connectivity index (χ4v) is 4.06. The molecule has 174 valence electrons. The average molecular weight is 495 g/mol. The number of anilines is 4. The SMILES string of the molecule is CN1CCN(c2nc(NC3=NCC(c4ccc(Cl)c(Cl)c4)=C3)nc(Nc3ccccc3)n2)CC1. The number of piperazine rings is 1. The van der Waals surface area contributed by atoms with Crippen LogP contribution in [-0.4, -0.2) is 65.5 Å². The Bertz CT molecular complexity index is 1240. The van der Waals surface area contributed by atoms with E-state index in [1.165, 1.54) is 0 Å². The Balaban J connectivity index is 1.39. The lowest BCUT2D eigenvalue weighted by Gasteiger charge is -2.32. The van der Waals surface area contributed by atoms with Crippen LogP contribution in [0.15, 0.2) is 59.6 Å². The van der Waals surface area contributed by atoms with Gasteiger partial charge in [-0.3, -0.25) is 4.99 Å². The number of hydrogen-bond acceptors (Lipinski definition) is 8.